The smallest absolute Gasteiger partial charge is 0.228 e. The van der Waals surface area contributed by atoms with Crippen molar-refractivity contribution in [1.29, 1.82) is 0 Å². The number of anilines is 1. The van der Waals surface area contributed by atoms with E-state index in [4.69, 9.17) is 0 Å². The summed E-state index contributed by atoms with van der Waals surface area (Å²) in [6, 6.07) is 0. The molecule has 2 atom stereocenters. The van der Waals surface area contributed by atoms with E-state index in [1.165, 1.54) is 12.8 Å². The van der Waals surface area contributed by atoms with Crippen molar-refractivity contribution in [2.45, 2.75) is 19.3 Å². The zero-order valence-corrected chi connectivity index (χ0v) is 8.39. The van der Waals surface area contributed by atoms with E-state index in [-0.39, 0.29) is 11.8 Å². The molecule has 0 saturated heterocycles. The second kappa shape index (κ2) is 3.29. The quantitative estimate of drug-likeness (QED) is 0.809. The fourth-order valence-electron chi connectivity index (χ4n) is 2.14. The molecule has 15 heavy (non-hydrogen) atoms. The first-order valence-corrected chi connectivity index (χ1v) is 5.41. The Kier molecular flexibility index (Phi) is 1.94. The van der Waals surface area contributed by atoms with E-state index in [1.807, 2.05) is 0 Å². The lowest BCUT2D eigenvalue weighted by Gasteiger charge is -2.02. The van der Waals surface area contributed by atoms with Gasteiger partial charge in [0, 0.05) is 18.3 Å². The number of rotatable bonds is 3. The highest BCUT2D eigenvalue weighted by Gasteiger charge is 2.51. The second-order valence-corrected chi connectivity index (χ2v) is 4.42. The zero-order chi connectivity index (χ0) is 10.3. The molecule has 2 fully saturated rings. The molecule has 0 spiro atoms. The molecule has 1 aromatic heterocycles. The molecule has 1 amide bonds. The maximum Gasteiger partial charge on any atom is 0.228 e. The van der Waals surface area contributed by atoms with Gasteiger partial charge in [0.1, 0.15) is 0 Å². The average molecular weight is 203 g/mol. The van der Waals surface area contributed by atoms with Gasteiger partial charge in [0.05, 0.1) is 6.20 Å². The number of carbonyl (C=O) groups is 1. The van der Waals surface area contributed by atoms with Gasteiger partial charge < -0.3 is 5.32 Å². The van der Waals surface area contributed by atoms with Gasteiger partial charge in [-0.1, -0.05) is 0 Å². The fourth-order valence-corrected chi connectivity index (χ4v) is 2.14. The van der Waals surface area contributed by atoms with E-state index >= 15 is 0 Å². The van der Waals surface area contributed by atoms with Crippen LogP contribution in [0.4, 0.5) is 5.82 Å². The van der Waals surface area contributed by atoms with Crippen LogP contribution in [0.5, 0.6) is 0 Å². The number of hydrogen-bond donors (Lipinski definition) is 1. The summed E-state index contributed by atoms with van der Waals surface area (Å²) < 4.78 is 0. The predicted octanol–water partition coefficient (Wildman–Crippen LogP) is 1.46. The van der Waals surface area contributed by atoms with Crippen LogP contribution in [0.1, 0.15) is 19.3 Å². The molecule has 0 unspecified atom stereocenters. The van der Waals surface area contributed by atoms with Crippen molar-refractivity contribution in [3.8, 4) is 0 Å². The maximum atomic E-state index is 11.7. The molecule has 78 valence electrons. The van der Waals surface area contributed by atoms with E-state index in [1.54, 1.807) is 18.6 Å². The van der Waals surface area contributed by atoms with Gasteiger partial charge in [-0.25, -0.2) is 4.98 Å². The molecule has 0 bridgehead atoms. The average Bonchev–Trinajstić information content (AvgIpc) is 3.11. The Morgan fingerprint density at radius 1 is 1.40 bits per heavy atom. The van der Waals surface area contributed by atoms with Gasteiger partial charge in [-0.2, -0.15) is 0 Å². The first kappa shape index (κ1) is 8.83. The van der Waals surface area contributed by atoms with Crippen molar-refractivity contribution in [3.63, 3.8) is 0 Å². The molecule has 2 aliphatic carbocycles. The molecule has 4 nitrogen and oxygen atoms in total. The van der Waals surface area contributed by atoms with Gasteiger partial charge in [0.15, 0.2) is 5.82 Å². The van der Waals surface area contributed by atoms with Crippen molar-refractivity contribution in [3.05, 3.63) is 18.6 Å². The highest BCUT2D eigenvalue weighted by Crippen LogP contribution is 2.54. The summed E-state index contributed by atoms with van der Waals surface area (Å²) in [5.74, 6) is 2.40. The molecular weight excluding hydrogens is 190 g/mol. The van der Waals surface area contributed by atoms with Crippen LogP contribution < -0.4 is 5.32 Å². The first-order chi connectivity index (χ1) is 7.34. The lowest BCUT2D eigenvalue weighted by molar-refractivity contribution is -0.117. The molecule has 0 radical (unpaired) electrons. The third-order valence-electron chi connectivity index (χ3n) is 3.22. The molecule has 2 aliphatic rings. The predicted molar refractivity (Wildman–Crippen MR) is 55.0 cm³/mol. The number of nitrogens with one attached hydrogen (secondary N) is 1. The molecule has 4 heteroatoms. The highest BCUT2D eigenvalue weighted by atomic mass is 16.2. The Bertz CT molecular complexity index is 375. The Morgan fingerprint density at radius 2 is 2.27 bits per heavy atom. The topological polar surface area (TPSA) is 54.9 Å². The third-order valence-corrected chi connectivity index (χ3v) is 3.22. The van der Waals surface area contributed by atoms with Crippen LogP contribution in [0.3, 0.4) is 0 Å². The van der Waals surface area contributed by atoms with Crippen LogP contribution in [0, 0.1) is 17.8 Å². The lowest BCUT2D eigenvalue weighted by Crippen LogP contribution is -2.16. The van der Waals surface area contributed by atoms with Gasteiger partial charge in [-0.3, -0.25) is 9.78 Å². The summed E-state index contributed by atoms with van der Waals surface area (Å²) in [7, 11) is 0. The van der Waals surface area contributed by atoms with Crippen molar-refractivity contribution in [1.82, 2.24) is 9.97 Å². The van der Waals surface area contributed by atoms with E-state index in [9.17, 15) is 4.79 Å². The number of aromatic nitrogens is 2. The molecule has 3 rings (SSSR count). The Morgan fingerprint density at radius 3 is 2.93 bits per heavy atom. The van der Waals surface area contributed by atoms with E-state index < -0.39 is 0 Å². The van der Waals surface area contributed by atoms with Gasteiger partial charge in [0.25, 0.3) is 0 Å². The minimum Gasteiger partial charge on any atom is -0.309 e. The minimum absolute atomic E-state index is 0.118. The monoisotopic (exact) mass is 203 g/mol. The molecule has 1 N–H and O–H groups in total. The number of amides is 1. The van der Waals surface area contributed by atoms with Gasteiger partial charge in [0.2, 0.25) is 5.91 Å². The fraction of sp³-hybridized carbons (Fsp3) is 0.545. The summed E-state index contributed by atoms with van der Waals surface area (Å²) >= 11 is 0. The molecule has 2 saturated carbocycles. The molecule has 0 aliphatic heterocycles. The summed E-state index contributed by atoms with van der Waals surface area (Å²) in [6.07, 6.45) is 8.46. The van der Waals surface area contributed by atoms with Crippen LogP contribution >= 0.6 is 0 Å². The SMILES string of the molecule is O=C(Nc1cnccn1)[C@@H]1C[C@H]1C1CC1. The third kappa shape index (κ3) is 1.84. The molecule has 0 aromatic carbocycles. The van der Waals surface area contributed by atoms with Crippen molar-refractivity contribution < 1.29 is 4.79 Å². The normalized spacial score (nSPS) is 28.5. The minimum atomic E-state index is 0.118. The second-order valence-electron chi connectivity index (χ2n) is 4.42. The van der Waals surface area contributed by atoms with E-state index in [0.29, 0.717) is 11.7 Å². The van der Waals surface area contributed by atoms with Crippen LogP contribution in [0.25, 0.3) is 0 Å². The summed E-state index contributed by atoms with van der Waals surface area (Å²) in [4.78, 5) is 19.7. The van der Waals surface area contributed by atoms with Crippen molar-refractivity contribution >= 4 is 11.7 Å². The molecular formula is C11H13N3O. The largest absolute Gasteiger partial charge is 0.309 e. The van der Waals surface area contributed by atoms with E-state index in [2.05, 4.69) is 15.3 Å². The van der Waals surface area contributed by atoms with Crippen molar-refractivity contribution in [2.24, 2.45) is 17.8 Å². The maximum absolute atomic E-state index is 11.7. The standard InChI is InChI=1S/C11H13N3O/c15-11(9-5-8(9)7-1-2-7)14-10-6-12-3-4-13-10/h3-4,6-9H,1-2,5H2,(H,13,14,15)/t8-,9+/m0/s1. The Hall–Kier alpha value is -1.45. The molecule has 1 aromatic rings. The summed E-state index contributed by atoms with van der Waals surface area (Å²) in [5, 5.41) is 2.80. The highest BCUT2D eigenvalue weighted by molar-refractivity contribution is 5.93. The number of hydrogen-bond acceptors (Lipinski definition) is 3. The summed E-state index contributed by atoms with van der Waals surface area (Å²) in [6.45, 7) is 0. The summed E-state index contributed by atoms with van der Waals surface area (Å²) in [5.41, 5.74) is 0. The Balaban J connectivity index is 1.58. The van der Waals surface area contributed by atoms with E-state index in [0.717, 1.165) is 12.3 Å². The Labute approximate surface area is 88.1 Å². The van der Waals surface area contributed by atoms with Crippen LogP contribution in [0.15, 0.2) is 18.6 Å². The van der Waals surface area contributed by atoms with Crippen LogP contribution in [0.2, 0.25) is 0 Å². The molecule has 1 heterocycles. The zero-order valence-electron chi connectivity index (χ0n) is 8.39. The number of carbonyl (C=O) groups excluding carboxylic acids is 1. The lowest BCUT2D eigenvalue weighted by atomic mass is 10.2. The van der Waals surface area contributed by atoms with Crippen molar-refractivity contribution in [2.75, 3.05) is 5.32 Å². The number of nitrogens with zero attached hydrogens (tertiary/aromatic N) is 2. The van der Waals surface area contributed by atoms with Crippen LogP contribution in [-0.2, 0) is 4.79 Å². The van der Waals surface area contributed by atoms with Crippen LogP contribution in [-0.4, -0.2) is 15.9 Å². The van der Waals surface area contributed by atoms with Gasteiger partial charge in [-0.15, -0.1) is 0 Å². The van der Waals surface area contributed by atoms with Gasteiger partial charge in [-0.05, 0) is 31.1 Å². The van der Waals surface area contributed by atoms with Gasteiger partial charge >= 0.3 is 0 Å². The first-order valence-electron chi connectivity index (χ1n) is 5.41.